The summed E-state index contributed by atoms with van der Waals surface area (Å²) in [6.45, 7) is 8.39. The van der Waals surface area contributed by atoms with Crippen molar-refractivity contribution in [3.8, 4) is 0 Å². The van der Waals surface area contributed by atoms with Crippen molar-refractivity contribution in [3.05, 3.63) is 0 Å². The van der Waals surface area contributed by atoms with E-state index in [0.717, 1.165) is 19.5 Å². The summed E-state index contributed by atoms with van der Waals surface area (Å²) in [6, 6.07) is 0. The summed E-state index contributed by atoms with van der Waals surface area (Å²) < 4.78 is 10.8. The molecular weight excluding hydrogens is 194 g/mol. The van der Waals surface area contributed by atoms with Crippen LogP contribution in [0.3, 0.4) is 0 Å². The first-order valence-corrected chi connectivity index (χ1v) is 5.64. The Morgan fingerprint density at radius 3 is 2.27 bits per heavy atom. The van der Waals surface area contributed by atoms with E-state index in [2.05, 4.69) is 5.32 Å². The summed E-state index contributed by atoms with van der Waals surface area (Å²) in [5.74, 6) is 0.216. The first-order valence-electron chi connectivity index (χ1n) is 5.64. The molecule has 0 saturated carbocycles. The Morgan fingerprint density at radius 1 is 1.20 bits per heavy atom. The van der Waals surface area contributed by atoms with E-state index in [1.807, 2.05) is 13.8 Å². The SMILES string of the molecule is CCOC(CCNCCC(C)=O)OCC. The van der Waals surface area contributed by atoms with Gasteiger partial charge in [0, 0.05) is 32.6 Å². The molecule has 0 spiro atoms. The van der Waals surface area contributed by atoms with Gasteiger partial charge in [-0.1, -0.05) is 0 Å². The quantitative estimate of drug-likeness (QED) is 0.443. The van der Waals surface area contributed by atoms with Crippen molar-refractivity contribution in [3.63, 3.8) is 0 Å². The third-order valence-corrected chi connectivity index (χ3v) is 1.92. The van der Waals surface area contributed by atoms with Gasteiger partial charge in [0.2, 0.25) is 0 Å². The first kappa shape index (κ1) is 14.6. The van der Waals surface area contributed by atoms with Crippen molar-refractivity contribution >= 4 is 5.78 Å². The van der Waals surface area contributed by atoms with E-state index < -0.39 is 0 Å². The van der Waals surface area contributed by atoms with Crippen molar-refractivity contribution in [1.82, 2.24) is 5.32 Å². The highest BCUT2D eigenvalue weighted by Gasteiger charge is 2.06. The zero-order chi connectivity index (χ0) is 11.5. The van der Waals surface area contributed by atoms with E-state index in [-0.39, 0.29) is 12.1 Å². The molecule has 1 N–H and O–H groups in total. The molecule has 0 radical (unpaired) electrons. The molecule has 0 saturated heterocycles. The zero-order valence-corrected chi connectivity index (χ0v) is 10.0. The molecule has 0 aromatic heterocycles. The van der Waals surface area contributed by atoms with Crippen LogP contribution in [-0.2, 0) is 14.3 Å². The minimum absolute atomic E-state index is 0.121. The molecule has 0 aliphatic rings. The smallest absolute Gasteiger partial charge is 0.158 e. The first-order chi connectivity index (χ1) is 7.20. The minimum atomic E-state index is -0.121. The summed E-state index contributed by atoms with van der Waals surface area (Å²) in [4.78, 5) is 10.7. The molecule has 0 heterocycles. The third kappa shape index (κ3) is 9.85. The Hall–Kier alpha value is -0.450. The number of ether oxygens (including phenoxy) is 2. The van der Waals surface area contributed by atoms with Crippen LogP contribution in [0.2, 0.25) is 0 Å². The van der Waals surface area contributed by atoms with Crippen molar-refractivity contribution in [2.75, 3.05) is 26.3 Å². The van der Waals surface area contributed by atoms with Gasteiger partial charge in [0.1, 0.15) is 5.78 Å². The number of Topliss-reactive ketones (excluding diaryl/α,β-unsaturated/α-hetero) is 1. The number of nitrogens with one attached hydrogen (secondary N) is 1. The number of carbonyl (C=O) groups excluding carboxylic acids is 1. The maximum Gasteiger partial charge on any atom is 0.158 e. The summed E-state index contributed by atoms with van der Waals surface area (Å²) in [5, 5.41) is 3.18. The number of hydrogen-bond acceptors (Lipinski definition) is 4. The second-order valence-corrected chi connectivity index (χ2v) is 3.33. The van der Waals surface area contributed by atoms with E-state index in [0.29, 0.717) is 19.6 Å². The molecule has 0 unspecified atom stereocenters. The van der Waals surface area contributed by atoms with Crippen molar-refractivity contribution in [2.45, 2.75) is 39.9 Å². The van der Waals surface area contributed by atoms with Gasteiger partial charge in [-0.3, -0.25) is 4.79 Å². The molecule has 0 aliphatic heterocycles. The predicted octanol–water partition coefficient (Wildman–Crippen LogP) is 1.34. The summed E-state index contributed by atoms with van der Waals surface area (Å²) in [7, 11) is 0. The molecule has 0 fully saturated rings. The second kappa shape index (κ2) is 10.1. The zero-order valence-electron chi connectivity index (χ0n) is 10.0. The van der Waals surface area contributed by atoms with Crippen LogP contribution >= 0.6 is 0 Å². The topological polar surface area (TPSA) is 47.6 Å². The molecule has 0 atom stereocenters. The molecule has 4 heteroatoms. The Bertz CT molecular complexity index is 156. The number of hydrogen-bond donors (Lipinski definition) is 1. The van der Waals surface area contributed by atoms with E-state index in [9.17, 15) is 4.79 Å². The second-order valence-electron chi connectivity index (χ2n) is 3.33. The normalized spacial score (nSPS) is 10.9. The van der Waals surface area contributed by atoms with Crippen LogP contribution in [0.1, 0.15) is 33.6 Å². The molecular formula is C11H23NO3. The lowest BCUT2D eigenvalue weighted by Crippen LogP contribution is -2.26. The van der Waals surface area contributed by atoms with Gasteiger partial charge >= 0.3 is 0 Å². The third-order valence-electron chi connectivity index (χ3n) is 1.92. The van der Waals surface area contributed by atoms with E-state index >= 15 is 0 Å². The van der Waals surface area contributed by atoms with Crippen molar-refractivity contribution in [2.24, 2.45) is 0 Å². The molecule has 0 aromatic rings. The van der Waals surface area contributed by atoms with Crippen LogP contribution < -0.4 is 5.32 Å². The van der Waals surface area contributed by atoms with Crippen LogP contribution in [0.15, 0.2) is 0 Å². The van der Waals surface area contributed by atoms with Gasteiger partial charge in [0.15, 0.2) is 6.29 Å². The van der Waals surface area contributed by atoms with Gasteiger partial charge in [-0.05, 0) is 27.3 Å². The minimum Gasteiger partial charge on any atom is -0.353 e. The van der Waals surface area contributed by atoms with Crippen LogP contribution in [-0.4, -0.2) is 38.4 Å². The standard InChI is InChI=1S/C11H23NO3/c1-4-14-11(15-5-2)7-9-12-8-6-10(3)13/h11-12H,4-9H2,1-3H3. The fourth-order valence-electron chi connectivity index (χ4n) is 1.20. The van der Waals surface area contributed by atoms with Crippen LogP contribution in [0.25, 0.3) is 0 Å². The molecule has 0 rings (SSSR count). The maximum absolute atomic E-state index is 10.7. The average Bonchev–Trinajstić information content (AvgIpc) is 2.17. The van der Waals surface area contributed by atoms with Crippen LogP contribution in [0, 0.1) is 0 Å². The maximum atomic E-state index is 10.7. The molecule has 90 valence electrons. The average molecular weight is 217 g/mol. The van der Waals surface area contributed by atoms with E-state index in [1.165, 1.54) is 0 Å². The Morgan fingerprint density at radius 2 is 1.80 bits per heavy atom. The Labute approximate surface area is 92.3 Å². The molecule has 0 bridgehead atoms. The number of carbonyl (C=O) groups is 1. The van der Waals surface area contributed by atoms with E-state index in [4.69, 9.17) is 9.47 Å². The molecule has 0 aliphatic carbocycles. The molecule has 4 nitrogen and oxygen atoms in total. The van der Waals surface area contributed by atoms with Crippen LogP contribution in [0.4, 0.5) is 0 Å². The van der Waals surface area contributed by atoms with Crippen LogP contribution in [0.5, 0.6) is 0 Å². The van der Waals surface area contributed by atoms with Gasteiger partial charge in [0.05, 0.1) is 0 Å². The Kier molecular flexibility index (Phi) is 9.78. The number of ketones is 1. The Balaban J connectivity index is 3.39. The fourth-order valence-corrected chi connectivity index (χ4v) is 1.20. The highest BCUT2D eigenvalue weighted by Crippen LogP contribution is 1.99. The van der Waals surface area contributed by atoms with Gasteiger partial charge < -0.3 is 14.8 Å². The monoisotopic (exact) mass is 217 g/mol. The largest absolute Gasteiger partial charge is 0.353 e. The highest BCUT2D eigenvalue weighted by atomic mass is 16.7. The summed E-state index contributed by atoms with van der Waals surface area (Å²) in [5.41, 5.74) is 0. The molecule has 0 amide bonds. The van der Waals surface area contributed by atoms with Gasteiger partial charge in [-0.2, -0.15) is 0 Å². The van der Waals surface area contributed by atoms with E-state index in [1.54, 1.807) is 6.92 Å². The lowest BCUT2D eigenvalue weighted by Gasteiger charge is -2.16. The van der Waals surface area contributed by atoms with Crippen molar-refractivity contribution in [1.29, 1.82) is 0 Å². The lowest BCUT2D eigenvalue weighted by atomic mass is 10.3. The van der Waals surface area contributed by atoms with Gasteiger partial charge in [-0.15, -0.1) is 0 Å². The fraction of sp³-hybridized carbons (Fsp3) is 0.909. The van der Waals surface area contributed by atoms with Crippen molar-refractivity contribution < 1.29 is 14.3 Å². The van der Waals surface area contributed by atoms with Gasteiger partial charge in [0.25, 0.3) is 0 Å². The predicted molar refractivity (Wildman–Crippen MR) is 59.8 cm³/mol. The number of rotatable bonds is 10. The molecule has 0 aromatic carbocycles. The molecule has 15 heavy (non-hydrogen) atoms. The lowest BCUT2D eigenvalue weighted by molar-refractivity contribution is -0.138. The highest BCUT2D eigenvalue weighted by molar-refractivity contribution is 5.75. The van der Waals surface area contributed by atoms with Gasteiger partial charge in [-0.25, -0.2) is 0 Å². The summed E-state index contributed by atoms with van der Waals surface area (Å²) >= 11 is 0. The summed E-state index contributed by atoms with van der Waals surface area (Å²) in [6.07, 6.45) is 1.29.